The molecule has 0 saturated carbocycles. The summed E-state index contributed by atoms with van der Waals surface area (Å²) in [5, 5.41) is 5.53. The van der Waals surface area contributed by atoms with Crippen molar-refractivity contribution in [1.82, 2.24) is 5.32 Å². The van der Waals surface area contributed by atoms with Crippen LogP contribution in [0.25, 0.3) is 0 Å². The van der Waals surface area contributed by atoms with E-state index >= 15 is 0 Å². The summed E-state index contributed by atoms with van der Waals surface area (Å²) >= 11 is 0. The van der Waals surface area contributed by atoms with E-state index in [2.05, 4.69) is 35.4 Å². The maximum atomic E-state index is 12.0. The second-order valence-electron chi connectivity index (χ2n) is 5.40. The molecule has 2 amide bonds. The second-order valence-corrected chi connectivity index (χ2v) is 5.40. The molecule has 0 aromatic heterocycles. The zero-order valence-corrected chi connectivity index (χ0v) is 15.6. The average Bonchev–Trinajstić information content (AvgIpc) is 2.59. The molecule has 6 heteroatoms. The third kappa shape index (κ3) is 6.19. The number of nitrogens with one attached hydrogen (secondary N) is 2. The highest BCUT2D eigenvalue weighted by Crippen LogP contribution is 2.22. The Morgan fingerprint density at radius 1 is 1.08 bits per heavy atom. The summed E-state index contributed by atoms with van der Waals surface area (Å²) in [6, 6.07) is 15.1. The summed E-state index contributed by atoms with van der Waals surface area (Å²) in [5.41, 5.74) is 2.98. The van der Waals surface area contributed by atoms with E-state index in [0.29, 0.717) is 0 Å². The largest absolute Gasteiger partial charge is 1.00 e. The first-order valence-corrected chi connectivity index (χ1v) is 8.22. The van der Waals surface area contributed by atoms with E-state index in [4.69, 9.17) is 4.74 Å². The predicted molar refractivity (Wildman–Crippen MR) is 98.8 cm³/mol. The number of hydrogen-bond acceptors (Lipinski definition) is 3. The van der Waals surface area contributed by atoms with Crippen molar-refractivity contribution < 1.29 is 21.9 Å². The smallest absolute Gasteiger partial charge is 0.321 e. The van der Waals surface area contributed by atoms with Crippen molar-refractivity contribution in [2.24, 2.45) is 0 Å². The highest BCUT2D eigenvalue weighted by molar-refractivity contribution is 5.90. The highest BCUT2D eigenvalue weighted by atomic mass is 35.5. The SMILES string of the molecule is CCN(CC)c1ccc(NC(=O)NCOc2ccccc2)c(C)c1.[Cl-]. The van der Waals surface area contributed by atoms with Crippen molar-refractivity contribution in [3.8, 4) is 5.75 Å². The van der Waals surface area contributed by atoms with Crippen LogP contribution < -0.4 is 32.7 Å². The molecule has 0 bridgehead atoms. The van der Waals surface area contributed by atoms with Crippen molar-refractivity contribution in [3.63, 3.8) is 0 Å². The van der Waals surface area contributed by atoms with Crippen molar-refractivity contribution in [2.75, 3.05) is 30.0 Å². The number of carbonyl (C=O) groups is 1. The Bertz CT molecular complexity index is 661. The molecule has 0 spiro atoms. The fourth-order valence-corrected chi connectivity index (χ4v) is 2.44. The molecule has 0 heterocycles. The van der Waals surface area contributed by atoms with Crippen molar-refractivity contribution in [3.05, 3.63) is 54.1 Å². The molecule has 2 aromatic rings. The Kier molecular flexibility index (Phi) is 8.64. The van der Waals surface area contributed by atoms with Gasteiger partial charge in [-0.2, -0.15) is 0 Å². The van der Waals surface area contributed by atoms with Gasteiger partial charge in [0.1, 0.15) is 5.75 Å². The molecular weight excluding hydrogens is 338 g/mol. The average molecular weight is 363 g/mol. The Morgan fingerprint density at radius 2 is 1.76 bits per heavy atom. The van der Waals surface area contributed by atoms with E-state index in [1.165, 1.54) is 0 Å². The van der Waals surface area contributed by atoms with Gasteiger partial charge in [0, 0.05) is 24.5 Å². The monoisotopic (exact) mass is 362 g/mol. The van der Waals surface area contributed by atoms with Crippen LogP contribution in [-0.4, -0.2) is 25.9 Å². The number of halogens is 1. The van der Waals surface area contributed by atoms with Crippen LogP contribution in [0.15, 0.2) is 48.5 Å². The standard InChI is InChI=1S/C19H25N3O2.ClH/c1-4-22(5-2)16-11-12-18(15(3)13-16)21-19(23)20-14-24-17-9-7-6-8-10-17;/h6-13H,4-5,14H2,1-3H3,(H2,20,21,23);1H/p-1. The number of ether oxygens (including phenoxy) is 1. The van der Waals surface area contributed by atoms with Gasteiger partial charge in [-0.15, -0.1) is 0 Å². The maximum Gasteiger partial charge on any atom is 0.321 e. The molecule has 136 valence electrons. The number of carbonyl (C=O) groups excluding carboxylic acids is 1. The van der Waals surface area contributed by atoms with Gasteiger partial charge in [-0.05, 0) is 56.7 Å². The van der Waals surface area contributed by atoms with Crippen LogP contribution in [0, 0.1) is 6.92 Å². The third-order valence-electron chi connectivity index (χ3n) is 3.80. The normalized spacial score (nSPS) is 9.72. The van der Waals surface area contributed by atoms with E-state index in [-0.39, 0.29) is 25.2 Å². The Labute approximate surface area is 155 Å². The highest BCUT2D eigenvalue weighted by Gasteiger charge is 2.07. The van der Waals surface area contributed by atoms with E-state index in [1.54, 1.807) is 0 Å². The number of nitrogens with zero attached hydrogens (tertiary/aromatic N) is 1. The Morgan fingerprint density at radius 3 is 2.36 bits per heavy atom. The first kappa shape index (κ1) is 20.6. The van der Waals surface area contributed by atoms with Crippen molar-refractivity contribution in [2.45, 2.75) is 20.8 Å². The zero-order valence-electron chi connectivity index (χ0n) is 14.9. The third-order valence-corrected chi connectivity index (χ3v) is 3.80. The first-order chi connectivity index (χ1) is 11.6. The Hall–Kier alpha value is -2.40. The van der Waals surface area contributed by atoms with Gasteiger partial charge >= 0.3 is 6.03 Å². The van der Waals surface area contributed by atoms with Gasteiger partial charge in [0.05, 0.1) is 0 Å². The summed E-state index contributed by atoms with van der Waals surface area (Å²) < 4.78 is 5.45. The quantitative estimate of drug-likeness (QED) is 0.723. The topological polar surface area (TPSA) is 53.6 Å². The predicted octanol–water partition coefficient (Wildman–Crippen LogP) is 1.00. The number of amides is 2. The minimum atomic E-state index is -0.287. The minimum Gasteiger partial charge on any atom is -1.00 e. The lowest BCUT2D eigenvalue weighted by atomic mass is 10.1. The Balaban J connectivity index is 0.00000312. The number of benzene rings is 2. The van der Waals surface area contributed by atoms with Gasteiger partial charge < -0.3 is 32.7 Å². The number of rotatable bonds is 7. The molecule has 0 aliphatic carbocycles. The van der Waals surface area contributed by atoms with Crippen molar-refractivity contribution >= 4 is 17.4 Å². The summed E-state index contributed by atoms with van der Waals surface area (Å²) in [4.78, 5) is 14.2. The molecule has 2 aromatic carbocycles. The number of para-hydroxylation sites is 1. The molecular formula is C19H25ClN3O2-. The van der Waals surface area contributed by atoms with Gasteiger partial charge in [0.15, 0.2) is 6.73 Å². The maximum absolute atomic E-state index is 12.0. The molecule has 0 saturated heterocycles. The lowest BCUT2D eigenvalue weighted by Crippen LogP contribution is -3.00. The molecule has 2 rings (SSSR count). The zero-order chi connectivity index (χ0) is 17.4. The van der Waals surface area contributed by atoms with E-state index < -0.39 is 0 Å². The number of urea groups is 1. The second kappa shape index (κ2) is 10.5. The number of anilines is 2. The van der Waals surface area contributed by atoms with Gasteiger partial charge in [0.25, 0.3) is 0 Å². The van der Waals surface area contributed by atoms with Crippen LogP contribution in [-0.2, 0) is 0 Å². The van der Waals surface area contributed by atoms with Gasteiger partial charge in [-0.1, -0.05) is 18.2 Å². The van der Waals surface area contributed by atoms with E-state index in [9.17, 15) is 4.79 Å². The van der Waals surface area contributed by atoms with Crippen LogP contribution in [0.1, 0.15) is 19.4 Å². The summed E-state index contributed by atoms with van der Waals surface area (Å²) in [6.45, 7) is 8.28. The van der Waals surface area contributed by atoms with Crippen LogP contribution in [0.5, 0.6) is 5.75 Å². The molecule has 0 unspecified atom stereocenters. The van der Waals surface area contributed by atoms with Gasteiger partial charge in [0.2, 0.25) is 0 Å². The molecule has 25 heavy (non-hydrogen) atoms. The fraction of sp³-hybridized carbons (Fsp3) is 0.316. The number of hydrogen-bond donors (Lipinski definition) is 2. The molecule has 0 atom stereocenters. The molecule has 0 aliphatic heterocycles. The molecule has 0 aliphatic rings. The molecule has 0 fully saturated rings. The van der Waals surface area contributed by atoms with E-state index in [1.807, 2.05) is 49.4 Å². The van der Waals surface area contributed by atoms with Crippen LogP contribution in [0.2, 0.25) is 0 Å². The molecule has 2 N–H and O–H groups in total. The van der Waals surface area contributed by atoms with E-state index in [0.717, 1.165) is 35.8 Å². The number of aryl methyl sites for hydroxylation is 1. The van der Waals surface area contributed by atoms with Gasteiger partial charge in [-0.25, -0.2) is 4.79 Å². The summed E-state index contributed by atoms with van der Waals surface area (Å²) in [7, 11) is 0. The molecule has 5 nitrogen and oxygen atoms in total. The van der Waals surface area contributed by atoms with Crippen LogP contribution in [0.3, 0.4) is 0 Å². The van der Waals surface area contributed by atoms with Crippen molar-refractivity contribution in [1.29, 1.82) is 0 Å². The lowest BCUT2D eigenvalue weighted by molar-refractivity contribution is -0.00000901. The fourth-order valence-electron chi connectivity index (χ4n) is 2.44. The summed E-state index contributed by atoms with van der Waals surface area (Å²) in [5.74, 6) is 0.720. The lowest BCUT2D eigenvalue weighted by Gasteiger charge is -2.22. The summed E-state index contributed by atoms with van der Waals surface area (Å²) in [6.07, 6.45) is 0. The van der Waals surface area contributed by atoms with Crippen LogP contribution in [0.4, 0.5) is 16.2 Å². The first-order valence-electron chi connectivity index (χ1n) is 8.22. The molecule has 0 radical (unpaired) electrons. The minimum absolute atomic E-state index is 0. The van der Waals surface area contributed by atoms with Gasteiger partial charge in [-0.3, -0.25) is 0 Å². The van der Waals surface area contributed by atoms with Crippen LogP contribution >= 0.6 is 0 Å².